The maximum Gasteiger partial charge on any atom is 0.241 e. The molecular weight excluding hydrogens is 507 g/mol. The molecule has 1 aromatic heterocycles. The average molecular weight is 551 g/mol. The van der Waals surface area contributed by atoms with Crippen molar-refractivity contribution in [3.05, 3.63) is 59.2 Å². The minimum atomic E-state index is -0.248. The highest BCUT2D eigenvalue weighted by Crippen LogP contribution is 2.39. The van der Waals surface area contributed by atoms with Gasteiger partial charge < -0.3 is 15.1 Å². The van der Waals surface area contributed by atoms with Crippen molar-refractivity contribution in [2.24, 2.45) is 0 Å². The van der Waals surface area contributed by atoms with E-state index in [0.717, 1.165) is 61.8 Å². The molecule has 1 N–H and O–H groups in total. The fourth-order valence-corrected chi connectivity index (χ4v) is 6.42. The number of nitrogens with zero attached hydrogens (tertiary/aromatic N) is 5. The lowest BCUT2D eigenvalue weighted by Crippen LogP contribution is -2.63. The van der Waals surface area contributed by atoms with Gasteiger partial charge in [0.05, 0.1) is 17.9 Å². The number of aromatic nitrogens is 1. The van der Waals surface area contributed by atoms with E-state index >= 15 is 0 Å². The van der Waals surface area contributed by atoms with E-state index in [2.05, 4.69) is 48.9 Å². The fraction of sp³-hybridized carbons (Fsp3) is 0.581. The van der Waals surface area contributed by atoms with E-state index in [1.165, 1.54) is 12.1 Å². The van der Waals surface area contributed by atoms with E-state index in [1.807, 2.05) is 16.0 Å². The summed E-state index contributed by atoms with van der Waals surface area (Å²) in [6, 6.07) is 9.43. The highest BCUT2D eigenvalue weighted by atomic mass is 19.1. The predicted octanol–water partition coefficient (Wildman–Crippen LogP) is 2.65. The minimum Gasteiger partial charge on any atom is -0.340 e. The monoisotopic (exact) mass is 550 g/mol. The number of amides is 2. The molecule has 0 radical (unpaired) electrons. The number of pyridine rings is 1. The SMILES string of the molecule is CC(=O)N1CCN(C[C@H]2CN[C@H](C)CN2CC(=O)N2CC(C)(C)c3ncc(Cc4ccc(F)cc4)cc32)[C@H](C)C1. The third-order valence-corrected chi connectivity index (χ3v) is 8.75. The molecule has 2 aromatic rings. The molecule has 4 heterocycles. The van der Waals surface area contributed by atoms with Crippen LogP contribution in [0, 0.1) is 5.82 Å². The third kappa shape index (κ3) is 6.21. The van der Waals surface area contributed by atoms with Crippen molar-refractivity contribution in [3.63, 3.8) is 0 Å². The van der Waals surface area contributed by atoms with Crippen molar-refractivity contribution in [3.8, 4) is 0 Å². The molecule has 0 bridgehead atoms. The molecule has 2 amide bonds. The Hall–Kier alpha value is -2.88. The van der Waals surface area contributed by atoms with Crippen LogP contribution in [0.2, 0.25) is 0 Å². The number of piperazine rings is 2. The molecule has 40 heavy (non-hydrogen) atoms. The van der Waals surface area contributed by atoms with Crippen molar-refractivity contribution >= 4 is 17.5 Å². The number of halogens is 1. The summed E-state index contributed by atoms with van der Waals surface area (Å²) in [5.41, 5.74) is 3.62. The van der Waals surface area contributed by atoms with E-state index in [0.29, 0.717) is 25.6 Å². The van der Waals surface area contributed by atoms with E-state index in [-0.39, 0.29) is 35.1 Å². The Morgan fingerprint density at radius 1 is 1.07 bits per heavy atom. The van der Waals surface area contributed by atoms with E-state index in [1.54, 1.807) is 19.1 Å². The average Bonchev–Trinajstić information content (AvgIpc) is 3.18. The number of nitrogens with one attached hydrogen (secondary N) is 1. The molecule has 2 saturated heterocycles. The zero-order chi connectivity index (χ0) is 28.6. The molecule has 0 saturated carbocycles. The van der Waals surface area contributed by atoms with Crippen LogP contribution in [0.15, 0.2) is 36.5 Å². The van der Waals surface area contributed by atoms with Gasteiger partial charge in [0.15, 0.2) is 0 Å². The van der Waals surface area contributed by atoms with Crippen molar-refractivity contribution in [1.82, 2.24) is 25.0 Å². The number of hydrogen-bond donors (Lipinski definition) is 1. The normalized spacial score (nSPS) is 25.2. The largest absolute Gasteiger partial charge is 0.340 e. The summed E-state index contributed by atoms with van der Waals surface area (Å²) >= 11 is 0. The van der Waals surface area contributed by atoms with E-state index in [4.69, 9.17) is 4.98 Å². The smallest absolute Gasteiger partial charge is 0.241 e. The maximum absolute atomic E-state index is 13.9. The number of hydrogen-bond acceptors (Lipinski definition) is 6. The van der Waals surface area contributed by atoms with Gasteiger partial charge in [-0.05, 0) is 49.6 Å². The second-order valence-electron chi connectivity index (χ2n) is 12.6. The number of carbonyl (C=O) groups excluding carboxylic acids is 2. The molecular formula is C31H43FN6O2. The standard InChI is InChI=1S/C31H43FN6O2/c1-21-16-37(27(15-33-21)18-35-10-11-36(23(3)39)17-22(35)2)19-29(40)38-20-31(4,5)30-28(38)13-25(14-34-30)12-24-6-8-26(32)9-7-24/h6-9,13-14,21-22,27,33H,10-12,15-20H2,1-5H3/t21-,22-,27-/m1/s1. The lowest BCUT2D eigenvalue weighted by molar-refractivity contribution is -0.132. The summed E-state index contributed by atoms with van der Waals surface area (Å²) in [6.07, 6.45) is 2.52. The van der Waals surface area contributed by atoms with Crippen LogP contribution >= 0.6 is 0 Å². The number of anilines is 1. The number of benzene rings is 1. The quantitative estimate of drug-likeness (QED) is 0.597. The molecule has 3 aliphatic rings. The first kappa shape index (κ1) is 28.6. The van der Waals surface area contributed by atoms with Crippen LogP contribution in [0.5, 0.6) is 0 Å². The number of fused-ring (bicyclic) bond motifs is 1. The van der Waals surface area contributed by atoms with E-state index < -0.39 is 0 Å². The molecule has 0 unspecified atom stereocenters. The van der Waals surface area contributed by atoms with Crippen molar-refractivity contribution < 1.29 is 14.0 Å². The summed E-state index contributed by atoms with van der Waals surface area (Å²) in [7, 11) is 0. The molecule has 0 spiro atoms. The lowest BCUT2D eigenvalue weighted by Gasteiger charge is -2.45. The Bertz CT molecular complexity index is 1230. The first-order valence-electron chi connectivity index (χ1n) is 14.5. The van der Waals surface area contributed by atoms with Crippen LogP contribution in [0.1, 0.15) is 51.4 Å². The first-order valence-corrected chi connectivity index (χ1v) is 14.5. The lowest BCUT2D eigenvalue weighted by atomic mass is 9.91. The van der Waals surface area contributed by atoms with Crippen LogP contribution in [0.4, 0.5) is 10.1 Å². The van der Waals surface area contributed by atoms with Gasteiger partial charge in [0.2, 0.25) is 11.8 Å². The number of carbonyl (C=O) groups is 2. The second kappa shape index (κ2) is 11.5. The van der Waals surface area contributed by atoms with Crippen LogP contribution in [-0.2, 0) is 21.4 Å². The third-order valence-electron chi connectivity index (χ3n) is 8.75. The summed E-state index contributed by atoms with van der Waals surface area (Å²) in [6.45, 7) is 16.1. The fourth-order valence-electron chi connectivity index (χ4n) is 6.42. The molecule has 0 aliphatic carbocycles. The first-order chi connectivity index (χ1) is 19.0. The number of rotatable bonds is 6. The Morgan fingerprint density at radius 2 is 1.82 bits per heavy atom. The van der Waals surface area contributed by atoms with Gasteiger partial charge in [-0.25, -0.2) is 4.39 Å². The maximum atomic E-state index is 13.9. The molecule has 2 fully saturated rings. The molecule has 3 atom stereocenters. The van der Waals surface area contributed by atoms with Crippen molar-refractivity contribution in [2.75, 3.05) is 57.3 Å². The van der Waals surface area contributed by atoms with Crippen LogP contribution in [0.3, 0.4) is 0 Å². The van der Waals surface area contributed by atoms with Crippen molar-refractivity contribution in [2.45, 2.75) is 64.6 Å². The Labute approximate surface area is 237 Å². The second-order valence-corrected chi connectivity index (χ2v) is 12.6. The van der Waals surface area contributed by atoms with Gasteiger partial charge >= 0.3 is 0 Å². The zero-order valence-electron chi connectivity index (χ0n) is 24.5. The van der Waals surface area contributed by atoms with Gasteiger partial charge in [0.25, 0.3) is 0 Å². The molecule has 1 aromatic carbocycles. The predicted molar refractivity (Wildman–Crippen MR) is 155 cm³/mol. The molecule has 216 valence electrons. The summed E-state index contributed by atoms with van der Waals surface area (Å²) in [5, 5.41) is 3.61. The van der Waals surface area contributed by atoms with Gasteiger partial charge in [-0.15, -0.1) is 0 Å². The minimum absolute atomic E-state index is 0.0982. The van der Waals surface area contributed by atoms with Crippen LogP contribution < -0.4 is 10.2 Å². The summed E-state index contributed by atoms with van der Waals surface area (Å²) < 4.78 is 13.4. The topological polar surface area (TPSA) is 72.0 Å². The van der Waals surface area contributed by atoms with Crippen molar-refractivity contribution in [1.29, 1.82) is 0 Å². The molecule has 5 rings (SSSR count). The highest BCUT2D eigenvalue weighted by Gasteiger charge is 2.41. The van der Waals surface area contributed by atoms with E-state index in [9.17, 15) is 14.0 Å². The van der Waals surface area contributed by atoms with Gasteiger partial charge in [0, 0.05) is 82.5 Å². The molecule has 8 nitrogen and oxygen atoms in total. The van der Waals surface area contributed by atoms with Crippen LogP contribution in [-0.4, -0.2) is 102 Å². The van der Waals surface area contributed by atoms with Gasteiger partial charge in [0.1, 0.15) is 5.82 Å². The molecule has 3 aliphatic heterocycles. The Kier molecular flexibility index (Phi) is 8.27. The van der Waals surface area contributed by atoms with Gasteiger partial charge in [-0.2, -0.15) is 0 Å². The van der Waals surface area contributed by atoms with Gasteiger partial charge in [-0.3, -0.25) is 24.4 Å². The zero-order valence-corrected chi connectivity index (χ0v) is 24.5. The summed E-state index contributed by atoms with van der Waals surface area (Å²) in [4.78, 5) is 39.3. The summed E-state index contributed by atoms with van der Waals surface area (Å²) in [5.74, 6) is -0.0141. The Morgan fingerprint density at radius 3 is 2.52 bits per heavy atom. The highest BCUT2D eigenvalue weighted by molar-refractivity contribution is 5.97. The Balaban J connectivity index is 1.30. The molecule has 9 heteroatoms. The van der Waals surface area contributed by atoms with Gasteiger partial charge in [-0.1, -0.05) is 26.0 Å². The van der Waals surface area contributed by atoms with Crippen LogP contribution in [0.25, 0.3) is 0 Å².